The van der Waals surface area contributed by atoms with Gasteiger partial charge in [-0.1, -0.05) is 0 Å². The lowest BCUT2D eigenvalue weighted by atomic mass is 10.1. The van der Waals surface area contributed by atoms with E-state index in [1.54, 1.807) is 18.3 Å². The molecule has 5 nitrogen and oxygen atoms in total. The molecule has 0 aliphatic heterocycles. The highest BCUT2D eigenvalue weighted by atomic mass is 16.5. The molecule has 2 aromatic heterocycles. The minimum Gasteiger partial charge on any atom is -0.457 e. The van der Waals surface area contributed by atoms with Gasteiger partial charge in [0.25, 0.3) is 0 Å². The second-order valence-corrected chi connectivity index (χ2v) is 5.30. The van der Waals surface area contributed by atoms with Crippen molar-refractivity contribution in [1.82, 2.24) is 9.97 Å². The first-order valence-corrected chi connectivity index (χ1v) is 7.52. The normalized spacial score (nSPS) is 10.7. The van der Waals surface area contributed by atoms with E-state index in [9.17, 15) is 0 Å². The van der Waals surface area contributed by atoms with E-state index in [1.165, 1.54) is 0 Å². The number of nitrogens with one attached hydrogen (secondary N) is 1. The van der Waals surface area contributed by atoms with Gasteiger partial charge in [-0.05, 0) is 54.8 Å². The number of hydrogen-bond donors (Lipinski definition) is 3. The molecule has 0 unspecified atom stereocenters. The number of aliphatic hydroxyl groups excluding tert-OH is 1. The van der Waals surface area contributed by atoms with Gasteiger partial charge in [0.1, 0.15) is 11.5 Å². The van der Waals surface area contributed by atoms with E-state index in [0.29, 0.717) is 11.4 Å². The van der Waals surface area contributed by atoms with Gasteiger partial charge in [0.15, 0.2) is 0 Å². The summed E-state index contributed by atoms with van der Waals surface area (Å²) in [7, 11) is 0. The van der Waals surface area contributed by atoms with Crippen LogP contribution in [-0.2, 0) is 6.42 Å². The van der Waals surface area contributed by atoms with Crippen LogP contribution in [0.4, 0.5) is 5.69 Å². The number of benzene rings is 1. The Morgan fingerprint density at radius 1 is 1.09 bits per heavy atom. The van der Waals surface area contributed by atoms with Crippen LogP contribution in [0.3, 0.4) is 0 Å². The van der Waals surface area contributed by atoms with Gasteiger partial charge in [-0.15, -0.1) is 0 Å². The number of rotatable bonds is 6. The highest BCUT2D eigenvalue weighted by Gasteiger charge is 2.06. The van der Waals surface area contributed by atoms with Crippen molar-refractivity contribution < 1.29 is 9.84 Å². The van der Waals surface area contributed by atoms with Crippen molar-refractivity contribution in [3.8, 4) is 22.9 Å². The maximum Gasteiger partial charge on any atom is 0.131 e. The summed E-state index contributed by atoms with van der Waals surface area (Å²) >= 11 is 0. The molecule has 3 aromatic rings. The number of pyridine rings is 1. The zero-order chi connectivity index (χ0) is 16.1. The van der Waals surface area contributed by atoms with Crippen LogP contribution in [0.1, 0.15) is 12.0 Å². The number of ether oxygens (including phenoxy) is 1. The molecule has 0 amide bonds. The van der Waals surface area contributed by atoms with Crippen molar-refractivity contribution in [2.75, 3.05) is 12.3 Å². The SMILES string of the molecule is Nc1ccc(Oc2ccnc(-c3cc(CCCO)c[nH]3)c2)cc1. The fourth-order valence-corrected chi connectivity index (χ4v) is 2.31. The number of nitrogens with zero attached hydrogens (tertiary/aromatic N) is 1. The fraction of sp³-hybridized carbons (Fsp3) is 0.167. The van der Waals surface area contributed by atoms with E-state index in [4.69, 9.17) is 15.6 Å². The molecular formula is C18H19N3O2. The summed E-state index contributed by atoms with van der Waals surface area (Å²) in [5.41, 5.74) is 9.27. The third-order valence-electron chi connectivity index (χ3n) is 3.49. The lowest BCUT2D eigenvalue weighted by molar-refractivity contribution is 0.288. The Balaban J connectivity index is 1.76. The fourth-order valence-electron chi connectivity index (χ4n) is 2.31. The largest absolute Gasteiger partial charge is 0.457 e. The van der Waals surface area contributed by atoms with Crippen LogP contribution in [0, 0.1) is 0 Å². The number of hydrogen-bond acceptors (Lipinski definition) is 4. The number of anilines is 1. The molecule has 4 N–H and O–H groups in total. The molecule has 118 valence electrons. The van der Waals surface area contributed by atoms with E-state index < -0.39 is 0 Å². The predicted octanol–water partition coefficient (Wildman–Crippen LogP) is 3.38. The zero-order valence-corrected chi connectivity index (χ0v) is 12.7. The first-order chi connectivity index (χ1) is 11.2. The minimum absolute atomic E-state index is 0.198. The summed E-state index contributed by atoms with van der Waals surface area (Å²) in [5.74, 6) is 1.44. The number of H-pyrrole nitrogens is 1. The van der Waals surface area contributed by atoms with Crippen molar-refractivity contribution in [2.45, 2.75) is 12.8 Å². The molecular weight excluding hydrogens is 290 g/mol. The Morgan fingerprint density at radius 2 is 1.91 bits per heavy atom. The molecule has 23 heavy (non-hydrogen) atoms. The van der Waals surface area contributed by atoms with Crippen molar-refractivity contribution in [3.63, 3.8) is 0 Å². The van der Waals surface area contributed by atoms with Crippen molar-refractivity contribution >= 4 is 5.69 Å². The highest BCUT2D eigenvalue weighted by molar-refractivity contribution is 5.58. The van der Waals surface area contributed by atoms with Gasteiger partial charge in [-0.3, -0.25) is 4.98 Å². The van der Waals surface area contributed by atoms with Gasteiger partial charge in [-0.2, -0.15) is 0 Å². The van der Waals surface area contributed by atoms with Crippen molar-refractivity contribution in [3.05, 3.63) is 60.4 Å². The van der Waals surface area contributed by atoms with Gasteiger partial charge >= 0.3 is 0 Å². The van der Waals surface area contributed by atoms with E-state index in [-0.39, 0.29) is 6.61 Å². The maximum atomic E-state index is 8.90. The van der Waals surface area contributed by atoms with Crippen LogP contribution in [0.2, 0.25) is 0 Å². The molecule has 0 spiro atoms. The lowest BCUT2D eigenvalue weighted by Gasteiger charge is -2.07. The third-order valence-corrected chi connectivity index (χ3v) is 3.49. The Morgan fingerprint density at radius 3 is 2.70 bits per heavy atom. The van der Waals surface area contributed by atoms with Crippen molar-refractivity contribution in [2.24, 2.45) is 0 Å². The third kappa shape index (κ3) is 3.90. The van der Waals surface area contributed by atoms with Crippen LogP contribution < -0.4 is 10.5 Å². The van der Waals surface area contributed by atoms with Crippen LogP contribution >= 0.6 is 0 Å². The Bertz CT molecular complexity index is 766. The number of aryl methyl sites for hydroxylation is 1. The predicted molar refractivity (Wildman–Crippen MR) is 90.4 cm³/mol. The molecule has 0 atom stereocenters. The lowest BCUT2D eigenvalue weighted by Crippen LogP contribution is -1.89. The number of aromatic nitrogens is 2. The number of aliphatic hydroxyl groups is 1. The molecule has 0 aliphatic rings. The van der Waals surface area contributed by atoms with Gasteiger partial charge in [-0.25, -0.2) is 0 Å². The molecule has 3 rings (SSSR count). The van der Waals surface area contributed by atoms with Crippen molar-refractivity contribution in [1.29, 1.82) is 0 Å². The summed E-state index contributed by atoms with van der Waals surface area (Å²) in [6.45, 7) is 0.198. The number of aromatic amines is 1. The highest BCUT2D eigenvalue weighted by Crippen LogP contribution is 2.26. The Hall–Kier alpha value is -2.79. The Kier molecular flexibility index (Phi) is 4.59. The van der Waals surface area contributed by atoms with Crippen LogP contribution in [0.25, 0.3) is 11.4 Å². The van der Waals surface area contributed by atoms with E-state index in [1.807, 2.05) is 36.5 Å². The van der Waals surface area contributed by atoms with Crippen LogP contribution in [0.5, 0.6) is 11.5 Å². The van der Waals surface area contributed by atoms with E-state index >= 15 is 0 Å². The zero-order valence-electron chi connectivity index (χ0n) is 12.7. The topological polar surface area (TPSA) is 84.2 Å². The van der Waals surface area contributed by atoms with E-state index in [0.717, 1.165) is 35.5 Å². The maximum absolute atomic E-state index is 8.90. The molecule has 5 heteroatoms. The van der Waals surface area contributed by atoms with Crippen LogP contribution in [0.15, 0.2) is 54.9 Å². The summed E-state index contributed by atoms with van der Waals surface area (Å²) < 4.78 is 5.82. The molecule has 0 fully saturated rings. The molecule has 0 bridgehead atoms. The average molecular weight is 309 g/mol. The molecule has 0 radical (unpaired) electrons. The van der Waals surface area contributed by atoms with E-state index in [2.05, 4.69) is 9.97 Å². The van der Waals surface area contributed by atoms with Gasteiger partial charge in [0.05, 0.1) is 11.4 Å². The summed E-state index contributed by atoms with van der Waals surface area (Å²) in [6.07, 6.45) is 5.26. The first-order valence-electron chi connectivity index (χ1n) is 7.52. The minimum atomic E-state index is 0.198. The first kappa shape index (κ1) is 15.1. The second kappa shape index (κ2) is 6.98. The standard InChI is InChI=1S/C18H19N3O2/c19-14-3-5-15(6-4-14)23-16-7-8-20-18(11-16)17-10-13(12-21-17)2-1-9-22/h3-8,10-12,21-22H,1-2,9,19H2. The Labute approximate surface area is 134 Å². The summed E-state index contributed by atoms with van der Waals surface area (Å²) in [4.78, 5) is 7.59. The molecule has 0 saturated heterocycles. The quantitative estimate of drug-likeness (QED) is 0.609. The van der Waals surface area contributed by atoms with Gasteiger partial charge in [0.2, 0.25) is 0 Å². The smallest absolute Gasteiger partial charge is 0.131 e. The van der Waals surface area contributed by atoms with Gasteiger partial charge < -0.3 is 20.6 Å². The molecule has 0 saturated carbocycles. The second-order valence-electron chi connectivity index (χ2n) is 5.30. The number of nitrogens with two attached hydrogens (primary N) is 1. The molecule has 1 aromatic carbocycles. The van der Waals surface area contributed by atoms with Crippen LogP contribution in [-0.4, -0.2) is 21.7 Å². The summed E-state index contributed by atoms with van der Waals surface area (Å²) in [5, 5.41) is 8.90. The summed E-state index contributed by atoms with van der Waals surface area (Å²) in [6, 6.07) is 13.0. The average Bonchev–Trinajstić information content (AvgIpc) is 3.04. The van der Waals surface area contributed by atoms with Gasteiger partial charge in [0, 0.05) is 30.8 Å². The molecule has 2 heterocycles. The number of nitrogen functional groups attached to an aromatic ring is 1. The monoisotopic (exact) mass is 309 g/mol. The molecule has 0 aliphatic carbocycles.